The lowest BCUT2D eigenvalue weighted by Crippen LogP contribution is -2.10. The van der Waals surface area contributed by atoms with Crippen molar-refractivity contribution in [3.8, 4) is 0 Å². The van der Waals surface area contributed by atoms with Gasteiger partial charge >= 0.3 is 0 Å². The van der Waals surface area contributed by atoms with Crippen molar-refractivity contribution in [3.05, 3.63) is 16.4 Å². The summed E-state index contributed by atoms with van der Waals surface area (Å²) >= 11 is 6.09. The van der Waals surface area contributed by atoms with Crippen molar-refractivity contribution in [3.63, 3.8) is 0 Å². The summed E-state index contributed by atoms with van der Waals surface area (Å²) in [7, 11) is 0. The van der Waals surface area contributed by atoms with Crippen LogP contribution in [-0.2, 0) is 17.8 Å². The number of Topliss-reactive ketones (excluding diaryl/α,β-unsaturated/α-hetero) is 1. The van der Waals surface area contributed by atoms with Crippen molar-refractivity contribution in [2.24, 2.45) is 0 Å². The summed E-state index contributed by atoms with van der Waals surface area (Å²) in [4.78, 5) is 11.6. The highest BCUT2D eigenvalue weighted by Gasteiger charge is 2.15. The van der Waals surface area contributed by atoms with Crippen LogP contribution in [0.5, 0.6) is 0 Å². The first-order chi connectivity index (χ1) is 7.60. The lowest BCUT2D eigenvalue weighted by Gasteiger charge is -2.04. The summed E-state index contributed by atoms with van der Waals surface area (Å²) < 4.78 is 1.76. The number of aliphatic hydroxyl groups is 1. The molecule has 0 radical (unpaired) electrons. The summed E-state index contributed by atoms with van der Waals surface area (Å²) in [5.74, 6) is 0.0885. The molecule has 0 unspecified atom stereocenters. The molecule has 1 N–H and O–H groups in total. The number of aliphatic hydroxyl groups excluding tert-OH is 1. The highest BCUT2D eigenvalue weighted by Crippen LogP contribution is 2.21. The fourth-order valence-electron chi connectivity index (χ4n) is 1.59. The summed E-state index contributed by atoms with van der Waals surface area (Å²) in [5, 5.41) is 13.5. The van der Waals surface area contributed by atoms with E-state index in [-0.39, 0.29) is 12.4 Å². The van der Waals surface area contributed by atoms with Crippen LogP contribution in [0.15, 0.2) is 0 Å². The Hall–Kier alpha value is -0.870. The third-order valence-corrected chi connectivity index (χ3v) is 2.92. The molecule has 0 aliphatic rings. The molecule has 5 heteroatoms. The maximum absolute atomic E-state index is 11.6. The van der Waals surface area contributed by atoms with Crippen LogP contribution in [0.1, 0.15) is 31.2 Å². The van der Waals surface area contributed by atoms with Crippen molar-refractivity contribution in [2.75, 3.05) is 6.61 Å². The highest BCUT2D eigenvalue weighted by atomic mass is 35.5. The molecule has 4 nitrogen and oxygen atoms in total. The normalized spacial score (nSPS) is 10.8. The summed E-state index contributed by atoms with van der Waals surface area (Å²) in [6.07, 6.45) is 1.20. The van der Waals surface area contributed by atoms with E-state index in [0.29, 0.717) is 30.8 Å². The molecular formula is C11H17ClN2O2. The van der Waals surface area contributed by atoms with Gasteiger partial charge in [-0.25, -0.2) is 0 Å². The number of carbonyl (C=O) groups excluding carboxylic acids is 1. The summed E-state index contributed by atoms with van der Waals surface area (Å²) in [6, 6.07) is 0. The largest absolute Gasteiger partial charge is 0.396 e. The number of aromatic nitrogens is 2. The summed E-state index contributed by atoms with van der Waals surface area (Å²) in [6.45, 7) is 4.54. The number of hydrogen-bond donors (Lipinski definition) is 1. The van der Waals surface area contributed by atoms with E-state index in [4.69, 9.17) is 16.7 Å². The highest BCUT2D eigenvalue weighted by molar-refractivity contribution is 6.32. The van der Waals surface area contributed by atoms with Crippen molar-refractivity contribution in [2.45, 2.75) is 39.7 Å². The van der Waals surface area contributed by atoms with E-state index in [1.807, 2.05) is 13.8 Å². The van der Waals surface area contributed by atoms with Gasteiger partial charge in [-0.2, -0.15) is 5.10 Å². The fraction of sp³-hybridized carbons (Fsp3) is 0.636. The first-order valence-electron chi connectivity index (χ1n) is 5.44. The van der Waals surface area contributed by atoms with Gasteiger partial charge in [0.15, 0.2) is 0 Å². The first kappa shape index (κ1) is 13.2. The quantitative estimate of drug-likeness (QED) is 0.830. The van der Waals surface area contributed by atoms with Gasteiger partial charge in [0.2, 0.25) is 0 Å². The summed E-state index contributed by atoms with van der Waals surface area (Å²) in [5.41, 5.74) is 1.54. The molecule has 0 aliphatic heterocycles. The van der Waals surface area contributed by atoms with Gasteiger partial charge in [0.25, 0.3) is 0 Å². The smallest absolute Gasteiger partial charge is 0.138 e. The van der Waals surface area contributed by atoms with Crippen LogP contribution in [0.2, 0.25) is 5.02 Å². The molecule has 0 aliphatic carbocycles. The average molecular weight is 245 g/mol. The number of carbonyl (C=O) groups is 1. The van der Waals surface area contributed by atoms with Crippen LogP contribution in [0.4, 0.5) is 0 Å². The molecule has 0 saturated heterocycles. The molecule has 0 aromatic carbocycles. The van der Waals surface area contributed by atoms with E-state index >= 15 is 0 Å². The Morgan fingerprint density at radius 1 is 1.56 bits per heavy atom. The van der Waals surface area contributed by atoms with Gasteiger partial charge in [-0.15, -0.1) is 0 Å². The van der Waals surface area contributed by atoms with Crippen molar-refractivity contribution in [1.82, 2.24) is 9.78 Å². The Bertz CT molecular complexity index is 374. The van der Waals surface area contributed by atoms with Gasteiger partial charge in [-0.3, -0.25) is 9.48 Å². The van der Waals surface area contributed by atoms with E-state index in [1.54, 1.807) is 4.68 Å². The van der Waals surface area contributed by atoms with Gasteiger partial charge in [-0.05, 0) is 20.3 Å². The van der Waals surface area contributed by atoms with Gasteiger partial charge < -0.3 is 5.11 Å². The van der Waals surface area contributed by atoms with Gasteiger partial charge in [0.05, 0.1) is 16.4 Å². The minimum absolute atomic E-state index is 0.0472. The van der Waals surface area contributed by atoms with Crippen LogP contribution in [0.25, 0.3) is 0 Å². The Labute approximate surface area is 100 Å². The molecule has 90 valence electrons. The minimum atomic E-state index is 0.0472. The molecule has 0 bridgehead atoms. The second-order valence-electron chi connectivity index (χ2n) is 3.70. The molecule has 1 aromatic rings. The molecule has 16 heavy (non-hydrogen) atoms. The van der Waals surface area contributed by atoms with Crippen LogP contribution >= 0.6 is 11.6 Å². The predicted octanol–water partition coefficient (Wildman–Crippen LogP) is 1.75. The minimum Gasteiger partial charge on any atom is -0.396 e. The first-order valence-corrected chi connectivity index (χ1v) is 5.82. The van der Waals surface area contributed by atoms with Crippen LogP contribution in [0.3, 0.4) is 0 Å². The lowest BCUT2D eigenvalue weighted by molar-refractivity contribution is -0.118. The Morgan fingerprint density at radius 3 is 2.81 bits per heavy atom. The van der Waals surface area contributed by atoms with E-state index in [1.165, 1.54) is 0 Å². The molecular weight excluding hydrogens is 228 g/mol. The molecule has 0 saturated carbocycles. The maximum Gasteiger partial charge on any atom is 0.138 e. The van der Waals surface area contributed by atoms with Gasteiger partial charge in [0, 0.05) is 26.0 Å². The SMILES string of the molecule is CCn1nc(C)c(Cl)c1CC(=O)CCCO. The van der Waals surface area contributed by atoms with Gasteiger partial charge in [0.1, 0.15) is 5.78 Å². The standard InChI is InChI=1S/C11H17ClN2O2/c1-3-14-10(11(12)8(2)13-14)7-9(16)5-4-6-15/h15H,3-7H2,1-2H3. The predicted molar refractivity (Wildman–Crippen MR) is 62.7 cm³/mol. The van der Waals surface area contributed by atoms with E-state index in [0.717, 1.165) is 11.4 Å². The number of ketones is 1. The molecule has 1 heterocycles. The number of nitrogens with zero attached hydrogens (tertiary/aromatic N) is 2. The monoisotopic (exact) mass is 244 g/mol. The molecule has 0 spiro atoms. The van der Waals surface area contributed by atoms with E-state index in [9.17, 15) is 4.79 Å². The van der Waals surface area contributed by atoms with Crippen LogP contribution < -0.4 is 0 Å². The zero-order valence-corrected chi connectivity index (χ0v) is 10.4. The Kier molecular flexibility index (Phi) is 4.96. The Balaban J connectivity index is 2.75. The van der Waals surface area contributed by atoms with Crippen molar-refractivity contribution < 1.29 is 9.90 Å². The Morgan fingerprint density at radius 2 is 2.25 bits per heavy atom. The number of rotatable bonds is 6. The van der Waals surface area contributed by atoms with E-state index in [2.05, 4.69) is 5.10 Å². The third kappa shape index (κ3) is 3.06. The fourth-order valence-corrected chi connectivity index (χ4v) is 1.79. The molecule has 1 rings (SSSR count). The average Bonchev–Trinajstić information content (AvgIpc) is 2.54. The maximum atomic E-state index is 11.6. The van der Waals surface area contributed by atoms with E-state index < -0.39 is 0 Å². The van der Waals surface area contributed by atoms with Crippen LogP contribution in [-0.4, -0.2) is 27.3 Å². The zero-order chi connectivity index (χ0) is 12.1. The molecule has 0 amide bonds. The lowest BCUT2D eigenvalue weighted by atomic mass is 10.1. The topological polar surface area (TPSA) is 55.1 Å². The number of hydrogen-bond acceptors (Lipinski definition) is 3. The zero-order valence-electron chi connectivity index (χ0n) is 9.66. The molecule has 1 aromatic heterocycles. The third-order valence-electron chi connectivity index (χ3n) is 2.43. The van der Waals surface area contributed by atoms with Crippen molar-refractivity contribution >= 4 is 17.4 Å². The molecule has 0 atom stereocenters. The second kappa shape index (κ2) is 6.01. The van der Waals surface area contributed by atoms with Crippen molar-refractivity contribution in [1.29, 1.82) is 0 Å². The second-order valence-corrected chi connectivity index (χ2v) is 4.08. The number of aryl methyl sites for hydroxylation is 2. The number of halogens is 1. The van der Waals surface area contributed by atoms with Crippen LogP contribution in [0, 0.1) is 6.92 Å². The molecule has 0 fully saturated rings. The van der Waals surface area contributed by atoms with Gasteiger partial charge in [-0.1, -0.05) is 11.6 Å².